The Kier molecular flexibility index (Phi) is 4.31. The minimum absolute atomic E-state index is 0.157. The number of hydrogen-bond donors (Lipinski definition) is 1. The lowest BCUT2D eigenvalue weighted by Crippen LogP contribution is -2.64. The molecule has 4 fully saturated rings. The Bertz CT molecular complexity index is 507. The molecule has 2 amide bonds. The first-order chi connectivity index (χ1) is 11.6. The Morgan fingerprint density at radius 3 is 2.17 bits per heavy atom. The largest absolute Gasteiger partial charge is 0.368 e. The third-order valence-electron chi connectivity index (χ3n) is 7.39. The summed E-state index contributed by atoms with van der Waals surface area (Å²) in [4.78, 5) is 29.4. The van der Waals surface area contributed by atoms with Gasteiger partial charge in [0.2, 0.25) is 11.8 Å². The van der Waals surface area contributed by atoms with Crippen molar-refractivity contribution in [2.45, 2.75) is 63.3 Å². The summed E-state index contributed by atoms with van der Waals surface area (Å²) in [5, 5.41) is 0. The summed E-state index contributed by atoms with van der Waals surface area (Å²) in [6, 6.07) is 0. The molecule has 134 valence electrons. The van der Waals surface area contributed by atoms with Gasteiger partial charge in [-0.05, 0) is 43.9 Å². The van der Waals surface area contributed by atoms with E-state index in [1.54, 1.807) is 0 Å². The first-order valence-electron chi connectivity index (χ1n) is 9.94. The first-order valence-corrected chi connectivity index (χ1v) is 9.94. The number of fused-ring (bicyclic) bond motifs is 2. The van der Waals surface area contributed by atoms with Crippen LogP contribution in [0.25, 0.3) is 0 Å². The van der Waals surface area contributed by atoms with E-state index >= 15 is 0 Å². The summed E-state index contributed by atoms with van der Waals surface area (Å²) in [7, 11) is 0. The maximum Gasteiger partial charge on any atom is 0.237 e. The molecule has 2 bridgehead atoms. The molecule has 1 aliphatic heterocycles. The average molecular weight is 333 g/mol. The van der Waals surface area contributed by atoms with Crippen LogP contribution in [0.3, 0.4) is 0 Å². The standard InChI is InChI=1S/C19H31N3O2/c20-18(24)19(6-2-1-3-7-19)22-10-8-21(9-11-22)17(23)16-13-14-4-5-15(16)12-14/h14-16H,1-13H2,(H2,20,24)/t14-,15-,16+/m0/s1. The first kappa shape index (κ1) is 16.4. The minimum atomic E-state index is -0.445. The third-order valence-corrected chi connectivity index (χ3v) is 7.39. The van der Waals surface area contributed by atoms with Gasteiger partial charge in [0.15, 0.2) is 0 Å². The van der Waals surface area contributed by atoms with Gasteiger partial charge in [0.1, 0.15) is 5.54 Å². The smallest absolute Gasteiger partial charge is 0.237 e. The monoisotopic (exact) mass is 333 g/mol. The highest BCUT2D eigenvalue weighted by Crippen LogP contribution is 2.49. The van der Waals surface area contributed by atoms with E-state index in [9.17, 15) is 9.59 Å². The normalized spacial score (nSPS) is 36.0. The van der Waals surface area contributed by atoms with Gasteiger partial charge in [0.25, 0.3) is 0 Å². The molecule has 0 aromatic carbocycles. The van der Waals surface area contributed by atoms with E-state index < -0.39 is 5.54 Å². The number of primary amides is 1. The molecule has 3 aliphatic carbocycles. The van der Waals surface area contributed by atoms with Gasteiger partial charge in [-0.1, -0.05) is 25.7 Å². The van der Waals surface area contributed by atoms with Gasteiger partial charge in [0.05, 0.1) is 0 Å². The number of hydrogen-bond acceptors (Lipinski definition) is 3. The molecule has 0 aromatic heterocycles. The molecule has 4 aliphatic rings. The van der Waals surface area contributed by atoms with Gasteiger partial charge in [-0.3, -0.25) is 14.5 Å². The Morgan fingerprint density at radius 1 is 0.917 bits per heavy atom. The van der Waals surface area contributed by atoms with Crippen molar-refractivity contribution >= 4 is 11.8 Å². The van der Waals surface area contributed by atoms with Gasteiger partial charge in [0, 0.05) is 32.1 Å². The van der Waals surface area contributed by atoms with E-state index in [1.807, 2.05) is 0 Å². The maximum absolute atomic E-state index is 12.9. The van der Waals surface area contributed by atoms with E-state index in [4.69, 9.17) is 5.73 Å². The second-order valence-corrected chi connectivity index (χ2v) is 8.55. The summed E-state index contributed by atoms with van der Waals surface area (Å²) in [5.41, 5.74) is 5.36. The van der Waals surface area contributed by atoms with Crippen LogP contribution in [0.4, 0.5) is 0 Å². The van der Waals surface area contributed by atoms with Crippen molar-refractivity contribution in [3.05, 3.63) is 0 Å². The second-order valence-electron chi connectivity index (χ2n) is 8.55. The molecule has 1 saturated heterocycles. The third kappa shape index (κ3) is 2.65. The number of amides is 2. The highest BCUT2D eigenvalue weighted by molar-refractivity contribution is 5.85. The van der Waals surface area contributed by atoms with Crippen LogP contribution in [0.2, 0.25) is 0 Å². The Hall–Kier alpha value is -1.10. The maximum atomic E-state index is 12.9. The fourth-order valence-corrected chi connectivity index (χ4v) is 5.99. The number of nitrogens with zero attached hydrogens (tertiary/aromatic N) is 2. The van der Waals surface area contributed by atoms with Crippen LogP contribution in [0.5, 0.6) is 0 Å². The van der Waals surface area contributed by atoms with Crippen molar-refractivity contribution in [2.24, 2.45) is 23.5 Å². The molecule has 4 rings (SSSR count). The van der Waals surface area contributed by atoms with Gasteiger partial charge in [-0.25, -0.2) is 0 Å². The Morgan fingerprint density at radius 2 is 1.62 bits per heavy atom. The molecule has 3 saturated carbocycles. The van der Waals surface area contributed by atoms with Crippen LogP contribution in [-0.4, -0.2) is 53.3 Å². The van der Waals surface area contributed by atoms with Gasteiger partial charge < -0.3 is 10.6 Å². The summed E-state index contributed by atoms with van der Waals surface area (Å²) >= 11 is 0. The molecule has 2 N–H and O–H groups in total. The molecule has 5 heteroatoms. The topological polar surface area (TPSA) is 66.6 Å². The summed E-state index contributed by atoms with van der Waals surface area (Å²) in [6.07, 6.45) is 10.2. The lowest BCUT2D eigenvalue weighted by Gasteiger charge is -2.48. The molecule has 0 aromatic rings. The van der Waals surface area contributed by atoms with Crippen LogP contribution in [0, 0.1) is 17.8 Å². The van der Waals surface area contributed by atoms with Crippen molar-refractivity contribution in [1.82, 2.24) is 9.80 Å². The summed E-state index contributed by atoms with van der Waals surface area (Å²) in [6.45, 7) is 3.13. The van der Waals surface area contributed by atoms with Crippen molar-refractivity contribution < 1.29 is 9.59 Å². The summed E-state index contributed by atoms with van der Waals surface area (Å²) < 4.78 is 0. The molecule has 0 spiro atoms. The van der Waals surface area contributed by atoms with Gasteiger partial charge >= 0.3 is 0 Å². The zero-order valence-corrected chi connectivity index (χ0v) is 14.7. The fourth-order valence-electron chi connectivity index (χ4n) is 5.99. The molecule has 5 nitrogen and oxygen atoms in total. The molecule has 24 heavy (non-hydrogen) atoms. The molecular formula is C19H31N3O2. The Balaban J connectivity index is 1.37. The van der Waals surface area contributed by atoms with Crippen molar-refractivity contribution in [2.75, 3.05) is 26.2 Å². The average Bonchev–Trinajstić information content (AvgIpc) is 3.25. The number of carbonyl (C=O) groups excluding carboxylic acids is 2. The van der Waals surface area contributed by atoms with Crippen molar-refractivity contribution in [3.8, 4) is 0 Å². The van der Waals surface area contributed by atoms with Crippen LogP contribution in [0.1, 0.15) is 57.8 Å². The van der Waals surface area contributed by atoms with E-state index in [0.717, 1.165) is 64.2 Å². The van der Waals surface area contributed by atoms with Crippen LogP contribution in [0.15, 0.2) is 0 Å². The lowest BCUT2D eigenvalue weighted by atomic mass is 9.79. The fraction of sp³-hybridized carbons (Fsp3) is 0.895. The predicted molar refractivity (Wildman–Crippen MR) is 92.1 cm³/mol. The molecule has 3 atom stereocenters. The lowest BCUT2D eigenvalue weighted by molar-refractivity contribution is -0.143. The van der Waals surface area contributed by atoms with Gasteiger partial charge in [-0.2, -0.15) is 0 Å². The minimum Gasteiger partial charge on any atom is -0.368 e. The zero-order valence-electron chi connectivity index (χ0n) is 14.7. The van der Waals surface area contributed by atoms with E-state index in [0.29, 0.717) is 11.8 Å². The highest BCUT2D eigenvalue weighted by Gasteiger charge is 2.47. The molecule has 0 radical (unpaired) electrons. The highest BCUT2D eigenvalue weighted by atomic mass is 16.2. The van der Waals surface area contributed by atoms with Crippen LogP contribution < -0.4 is 5.73 Å². The quantitative estimate of drug-likeness (QED) is 0.856. The number of nitrogens with two attached hydrogens (primary N) is 1. The van der Waals surface area contributed by atoms with Crippen molar-refractivity contribution in [3.63, 3.8) is 0 Å². The molecule has 0 unspecified atom stereocenters. The van der Waals surface area contributed by atoms with E-state index in [1.165, 1.54) is 25.7 Å². The predicted octanol–water partition coefficient (Wildman–Crippen LogP) is 1.75. The Labute approximate surface area is 144 Å². The SMILES string of the molecule is NC(=O)C1(N2CCN(C(=O)[C@@H]3C[C@H]4CC[C@H]3C4)CC2)CCCCC1. The number of carbonyl (C=O) groups is 2. The second kappa shape index (κ2) is 6.32. The summed E-state index contributed by atoms with van der Waals surface area (Å²) in [5.74, 6) is 1.98. The molecular weight excluding hydrogens is 302 g/mol. The molecule has 1 heterocycles. The van der Waals surface area contributed by atoms with E-state index in [-0.39, 0.29) is 11.8 Å². The number of piperazine rings is 1. The van der Waals surface area contributed by atoms with Gasteiger partial charge in [-0.15, -0.1) is 0 Å². The van der Waals surface area contributed by atoms with Crippen LogP contribution >= 0.6 is 0 Å². The number of rotatable bonds is 3. The van der Waals surface area contributed by atoms with Crippen molar-refractivity contribution in [1.29, 1.82) is 0 Å². The van der Waals surface area contributed by atoms with Crippen LogP contribution in [-0.2, 0) is 9.59 Å². The van der Waals surface area contributed by atoms with E-state index in [2.05, 4.69) is 9.80 Å². The zero-order chi connectivity index (χ0) is 16.7.